The number of ether oxygens (including phenoxy) is 3. The maximum absolute atomic E-state index is 13.7. The summed E-state index contributed by atoms with van der Waals surface area (Å²) in [6, 6.07) is 16.3. The van der Waals surface area contributed by atoms with Gasteiger partial charge >= 0.3 is 12.2 Å². The van der Waals surface area contributed by atoms with Crippen molar-refractivity contribution in [3.8, 4) is 33.9 Å². The van der Waals surface area contributed by atoms with Gasteiger partial charge in [-0.25, -0.2) is 24.2 Å². The van der Waals surface area contributed by atoms with Crippen LogP contribution in [-0.4, -0.2) is 92.8 Å². The van der Waals surface area contributed by atoms with Crippen molar-refractivity contribution in [1.29, 1.82) is 0 Å². The van der Waals surface area contributed by atoms with Gasteiger partial charge in [0, 0.05) is 25.1 Å². The van der Waals surface area contributed by atoms with E-state index < -0.39 is 24.3 Å². The van der Waals surface area contributed by atoms with E-state index >= 15 is 0 Å². The molecular weight excluding hydrogens is 779 g/mol. The molecule has 2 aromatic heterocycles. The summed E-state index contributed by atoms with van der Waals surface area (Å²) < 4.78 is 17.6. The SMILES string of the molecule is COC(=O)N[C@H](C(=O)N1CCC[C@H]1c1ncc(-c2ccc3c(c2)Oc2ccc(-c4ccc5nc([C@@H]6CCCN6C(=O)[C@@H](NC(=O)OC)C(C)C)n(N)c5c4)cc2C3)[nH]1)C(C)C. The number of H-pyrrole nitrogens is 1. The predicted octanol–water partition coefficient (Wildman–Crippen LogP) is 6.59. The second kappa shape index (κ2) is 16.8. The lowest BCUT2D eigenvalue weighted by Gasteiger charge is -2.30. The third-order valence-corrected chi connectivity index (χ3v) is 12.2. The topological polar surface area (TPSA) is 199 Å². The Morgan fingerprint density at radius 2 is 1.38 bits per heavy atom. The zero-order valence-electron chi connectivity index (χ0n) is 35.4. The number of fused-ring (bicyclic) bond motifs is 3. The van der Waals surface area contributed by atoms with Crippen LogP contribution in [0, 0.1) is 11.8 Å². The van der Waals surface area contributed by atoms with E-state index in [0.717, 1.165) is 75.3 Å². The molecule has 61 heavy (non-hydrogen) atoms. The van der Waals surface area contributed by atoms with Gasteiger partial charge < -0.3 is 45.5 Å². The Balaban J connectivity index is 0.976. The van der Waals surface area contributed by atoms with Crippen molar-refractivity contribution in [2.24, 2.45) is 11.8 Å². The Bertz CT molecular complexity index is 2490. The van der Waals surface area contributed by atoms with Crippen molar-refractivity contribution < 1.29 is 33.4 Å². The number of carbonyl (C=O) groups is 4. The number of methoxy groups -OCH3 is 2. The number of nitrogens with one attached hydrogen (secondary N) is 3. The molecule has 5 N–H and O–H groups in total. The van der Waals surface area contributed by atoms with Gasteiger partial charge in [-0.3, -0.25) is 9.59 Å². The van der Waals surface area contributed by atoms with E-state index in [1.807, 2.05) is 70.2 Å². The second-order valence-corrected chi connectivity index (χ2v) is 16.7. The van der Waals surface area contributed by atoms with E-state index in [0.29, 0.717) is 37.6 Å². The number of nitrogens with two attached hydrogens (primary N) is 1. The fourth-order valence-electron chi connectivity index (χ4n) is 8.83. The Morgan fingerprint density at radius 1 is 0.770 bits per heavy atom. The molecule has 0 aliphatic carbocycles. The number of aromatic nitrogens is 4. The Labute approximate surface area is 354 Å². The quantitative estimate of drug-likeness (QED) is 0.109. The minimum Gasteiger partial charge on any atom is -0.457 e. The first-order chi connectivity index (χ1) is 29.3. The molecule has 16 heteroatoms. The molecule has 2 fully saturated rings. The monoisotopic (exact) mass is 831 g/mol. The highest BCUT2D eigenvalue weighted by molar-refractivity contribution is 5.88. The number of rotatable bonds is 10. The summed E-state index contributed by atoms with van der Waals surface area (Å²) in [5.74, 6) is 8.98. The summed E-state index contributed by atoms with van der Waals surface area (Å²) in [6.45, 7) is 8.69. The van der Waals surface area contributed by atoms with Crippen LogP contribution in [0.25, 0.3) is 33.4 Å². The van der Waals surface area contributed by atoms with Gasteiger partial charge in [-0.15, -0.1) is 0 Å². The molecule has 3 aromatic carbocycles. The van der Waals surface area contributed by atoms with Crippen LogP contribution in [0.15, 0.2) is 60.8 Å². The highest BCUT2D eigenvalue weighted by Gasteiger charge is 2.39. The van der Waals surface area contributed by atoms with Crippen LogP contribution < -0.4 is 21.2 Å². The first-order valence-corrected chi connectivity index (χ1v) is 20.9. The van der Waals surface area contributed by atoms with Crippen LogP contribution >= 0.6 is 0 Å². The van der Waals surface area contributed by atoms with Gasteiger partial charge in [0.15, 0.2) is 5.82 Å². The second-order valence-electron chi connectivity index (χ2n) is 16.7. The Kier molecular flexibility index (Phi) is 11.4. The summed E-state index contributed by atoms with van der Waals surface area (Å²) in [7, 11) is 2.57. The van der Waals surface area contributed by atoms with Gasteiger partial charge in [-0.1, -0.05) is 52.0 Å². The van der Waals surface area contributed by atoms with E-state index in [-0.39, 0.29) is 35.7 Å². The summed E-state index contributed by atoms with van der Waals surface area (Å²) >= 11 is 0. The number of carbonyl (C=O) groups excluding carboxylic acids is 4. The molecule has 16 nitrogen and oxygen atoms in total. The molecule has 2 saturated heterocycles. The molecule has 0 unspecified atom stereocenters. The molecule has 3 aliphatic rings. The number of hydrogen-bond donors (Lipinski definition) is 4. The maximum Gasteiger partial charge on any atom is 0.407 e. The molecular formula is C45H53N9O7. The number of nitrogens with zero attached hydrogens (tertiary/aromatic N) is 5. The van der Waals surface area contributed by atoms with Crippen LogP contribution in [0.3, 0.4) is 0 Å². The zero-order chi connectivity index (χ0) is 43.1. The number of alkyl carbamates (subject to hydrolysis) is 2. The number of hydrogen-bond acceptors (Lipinski definition) is 10. The lowest BCUT2D eigenvalue weighted by molar-refractivity contribution is -0.136. The first kappa shape index (κ1) is 41.2. The van der Waals surface area contributed by atoms with Crippen molar-refractivity contribution in [1.82, 2.24) is 40.1 Å². The number of benzene rings is 3. The summed E-state index contributed by atoms with van der Waals surface area (Å²) in [5.41, 5.74) is 7.27. The molecule has 0 spiro atoms. The lowest BCUT2D eigenvalue weighted by Crippen LogP contribution is -2.51. The number of likely N-dealkylation sites (tertiary alicyclic amines) is 2. The molecule has 0 radical (unpaired) electrons. The fraction of sp³-hybridized carbons (Fsp3) is 0.422. The van der Waals surface area contributed by atoms with E-state index in [1.165, 1.54) is 14.2 Å². The normalized spacial score (nSPS) is 18.1. The largest absolute Gasteiger partial charge is 0.457 e. The number of nitrogen functional groups attached to an aromatic ring is 1. The van der Waals surface area contributed by atoms with Crippen LogP contribution in [0.5, 0.6) is 11.5 Å². The fourth-order valence-corrected chi connectivity index (χ4v) is 8.83. The molecule has 5 heterocycles. The Hall–Kier alpha value is -6.58. The molecule has 0 bridgehead atoms. The molecule has 0 saturated carbocycles. The third kappa shape index (κ3) is 7.93. The van der Waals surface area contributed by atoms with Crippen LogP contribution in [0.4, 0.5) is 9.59 Å². The molecule has 4 atom stereocenters. The third-order valence-electron chi connectivity index (χ3n) is 12.2. The zero-order valence-corrected chi connectivity index (χ0v) is 35.4. The number of amides is 4. The van der Waals surface area contributed by atoms with E-state index in [9.17, 15) is 19.2 Å². The lowest BCUT2D eigenvalue weighted by atomic mass is 9.95. The van der Waals surface area contributed by atoms with Crippen molar-refractivity contribution in [3.05, 3.63) is 83.6 Å². The average Bonchev–Trinajstić information content (AvgIpc) is 4.09. The van der Waals surface area contributed by atoms with Crippen molar-refractivity contribution in [3.63, 3.8) is 0 Å². The Morgan fingerprint density at radius 3 is 2.03 bits per heavy atom. The molecule has 4 amide bonds. The molecule has 320 valence electrons. The van der Waals surface area contributed by atoms with Gasteiger partial charge in [-0.05, 0) is 90.1 Å². The minimum atomic E-state index is -0.738. The molecule has 8 rings (SSSR count). The van der Waals surface area contributed by atoms with Gasteiger partial charge in [0.05, 0.1) is 49.2 Å². The first-order valence-electron chi connectivity index (χ1n) is 20.9. The average molecular weight is 832 g/mol. The van der Waals surface area contributed by atoms with Crippen LogP contribution in [0.1, 0.15) is 88.2 Å². The predicted molar refractivity (Wildman–Crippen MR) is 228 cm³/mol. The highest BCUT2D eigenvalue weighted by Crippen LogP contribution is 2.41. The van der Waals surface area contributed by atoms with Crippen LogP contribution in [0.2, 0.25) is 0 Å². The van der Waals surface area contributed by atoms with Crippen molar-refractivity contribution >= 4 is 35.0 Å². The van der Waals surface area contributed by atoms with E-state index in [2.05, 4.69) is 27.8 Å². The van der Waals surface area contributed by atoms with E-state index in [4.69, 9.17) is 30.0 Å². The van der Waals surface area contributed by atoms with Crippen molar-refractivity contribution in [2.45, 2.75) is 84.0 Å². The number of aromatic amines is 1. The standard InChI is InChI=1S/C45H53N9O7/c1-24(2)38(50-44(57)59-5)42(55)52-17-7-9-33(52)40-47-23-32(48-40)28-11-12-29-20-30-19-26(14-16-36(30)61-37(29)22-28)27-13-15-31-35(21-27)54(46)41(49-31)34-10-8-18-53(34)43(56)39(25(3)4)51-45(58)60-6/h11-16,19,21-25,33-34,38-39H,7-10,17-18,20,46H2,1-6H3,(H,47,48)(H,50,57)(H,51,58)/t33-,34-,38-,39-/m0/s1. The van der Waals surface area contributed by atoms with E-state index in [1.54, 1.807) is 20.7 Å². The molecule has 5 aromatic rings. The highest BCUT2D eigenvalue weighted by atomic mass is 16.5. The molecule has 3 aliphatic heterocycles. The van der Waals surface area contributed by atoms with Crippen molar-refractivity contribution in [2.75, 3.05) is 33.2 Å². The maximum atomic E-state index is 13.7. The minimum absolute atomic E-state index is 0.120. The summed E-state index contributed by atoms with van der Waals surface area (Å²) in [6.07, 6.45) is 4.28. The number of imidazole rings is 2. The summed E-state index contributed by atoms with van der Waals surface area (Å²) in [5, 5.41) is 5.40. The van der Waals surface area contributed by atoms with Gasteiger partial charge in [0.1, 0.15) is 29.4 Å². The smallest absolute Gasteiger partial charge is 0.407 e. The summed E-state index contributed by atoms with van der Waals surface area (Å²) in [4.78, 5) is 68.1. The van der Waals surface area contributed by atoms with Crippen LogP contribution in [-0.2, 0) is 25.5 Å². The van der Waals surface area contributed by atoms with Gasteiger partial charge in [-0.2, -0.15) is 0 Å². The van der Waals surface area contributed by atoms with Gasteiger partial charge in [0.2, 0.25) is 11.8 Å². The van der Waals surface area contributed by atoms with Gasteiger partial charge in [0.25, 0.3) is 0 Å².